The lowest BCUT2D eigenvalue weighted by Gasteiger charge is -2.30. The van der Waals surface area contributed by atoms with Crippen molar-refractivity contribution in [2.75, 3.05) is 4.90 Å². The third-order valence-electron chi connectivity index (χ3n) is 5.25. The van der Waals surface area contributed by atoms with Gasteiger partial charge in [-0.2, -0.15) is 0 Å². The van der Waals surface area contributed by atoms with Crippen molar-refractivity contribution in [1.82, 2.24) is 14.9 Å². The Balaban J connectivity index is 1.88. The second kappa shape index (κ2) is 7.40. The number of aromatic nitrogens is 2. The fourth-order valence-corrected chi connectivity index (χ4v) is 4.50. The van der Waals surface area contributed by atoms with Gasteiger partial charge in [-0.05, 0) is 87.4 Å². The molecule has 0 amide bonds. The molecule has 1 saturated heterocycles. The zero-order valence-electron chi connectivity index (χ0n) is 16.8. The summed E-state index contributed by atoms with van der Waals surface area (Å²) in [5.74, 6) is 0. The standard InChI is InChI=1S/C23H26N4S/c1-15(2)26-11-7-9-20(26)22-21(19-8-5-6-10-24-19)25-23(28)27(22)18-13-16(3)12-17(4)14-18/h5-15,21-22H,1-4H3,(H,25,28)/t21-,22-/m0/s1. The van der Waals surface area contributed by atoms with E-state index in [1.54, 1.807) is 0 Å². The lowest BCUT2D eigenvalue weighted by molar-refractivity contribution is 0.497. The number of anilines is 1. The second-order valence-electron chi connectivity index (χ2n) is 7.78. The minimum Gasteiger partial charge on any atom is -0.351 e. The summed E-state index contributed by atoms with van der Waals surface area (Å²) in [6, 6.07) is 17.4. The summed E-state index contributed by atoms with van der Waals surface area (Å²) < 4.78 is 2.33. The van der Waals surface area contributed by atoms with E-state index < -0.39 is 0 Å². The minimum absolute atomic E-state index is 0.0121. The average Bonchev–Trinajstić information content (AvgIpc) is 3.25. The molecule has 1 aromatic carbocycles. The normalized spacial score (nSPS) is 19.3. The first-order valence-electron chi connectivity index (χ1n) is 9.71. The fraction of sp³-hybridized carbons (Fsp3) is 0.304. The molecule has 5 heteroatoms. The van der Waals surface area contributed by atoms with E-state index in [0.717, 1.165) is 16.5 Å². The molecule has 0 bridgehead atoms. The Morgan fingerprint density at radius 2 is 1.79 bits per heavy atom. The van der Waals surface area contributed by atoms with Crippen molar-refractivity contribution < 1.29 is 0 Å². The van der Waals surface area contributed by atoms with Gasteiger partial charge in [0.2, 0.25) is 0 Å². The number of rotatable bonds is 4. The first kappa shape index (κ1) is 18.7. The molecule has 0 saturated carbocycles. The molecule has 3 aromatic rings. The highest BCUT2D eigenvalue weighted by molar-refractivity contribution is 7.80. The number of hydrogen-bond acceptors (Lipinski definition) is 2. The van der Waals surface area contributed by atoms with Crippen LogP contribution in [0.25, 0.3) is 0 Å². The SMILES string of the molecule is Cc1cc(C)cc(N2C(=S)N[C@@H](c3ccccn3)[C@@H]2c2cccn2C(C)C)c1. The number of nitrogens with one attached hydrogen (secondary N) is 1. The van der Waals surface area contributed by atoms with Gasteiger partial charge in [-0.3, -0.25) is 4.98 Å². The minimum atomic E-state index is -0.0121. The Kier molecular flexibility index (Phi) is 4.94. The maximum Gasteiger partial charge on any atom is 0.174 e. The van der Waals surface area contributed by atoms with Crippen LogP contribution in [0.15, 0.2) is 60.9 Å². The van der Waals surface area contributed by atoms with Gasteiger partial charge in [-0.15, -0.1) is 0 Å². The maximum absolute atomic E-state index is 5.82. The third-order valence-corrected chi connectivity index (χ3v) is 5.57. The molecule has 1 fully saturated rings. The summed E-state index contributed by atoms with van der Waals surface area (Å²) in [4.78, 5) is 6.89. The van der Waals surface area contributed by atoms with Crippen LogP contribution in [0.5, 0.6) is 0 Å². The predicted octanol–water partition coefficient (Wildman–Crippen LogP) is 5.26. The highest BCUT2D eigenvalue weighted by Crippen LogP contribution is 2.42. The predicted molar refractivity (Wildman–Crippen MR) is 119 cm³/mol. The van der Waals surface area contributed by atoms with E-state index in [2.05, 4.69) is 90.1 Å². The van der Waals surface area contributed by atoms with Gasteiger partial charge >= 0.3 is 0 Å². The van der Waals surface area contributed by atoms with Gasteiger partial charge in [-0.1, -0.05) is 12.1 Å². The van der Waals surface area contributed by atoms with Crippen LogP contribution in [0.4, 0.5) is 5.69 Å². The van der Waals surface area contributed by atoms with Crippen molar-refractivity contribution in [2.45, 2.75) is 45.8 Å². The molecule has 4 nitrogen and oxygen atoms in total. The van der Waals surface area contributed by atoms with Crippen LogP contribution >= 0.6 is 12.2 Å². The third kappa shape index (κ3) is 3.31. The Labute approximate surface area is 172 Å². The van der Waals surface area contributed by atoms with Crippen molar-refractivity contribution >= 4 is 23.0 Å². The van der Waals surface area contributed by atoms with Crippen molar-refractivity contribution in [3.05, 3.63) is 83.4 Å². The zero-order chi connectivity index (χ0) is 19.8. The second-order valence-corrected chi connectivity index (χ2v) is 8.16. The van der Waals surface area contributed by atoms with Gasteiger partial charge in [0.25, 0.3) is 0 Å². The van der Waals surface area contributed by atoms with E-state index >= 15 is 0 Å². The summed E-state index contributed by atoms with van der Waals surface area (Å²) in [5.41, 5.74) is 5.82. The van der Waals surface area contributed by atoms with E-state index in [4.69, 9.17) is 12.2 Å². The average molecular weight is 391 g/mol. The first-order chi connectivity index (χ1) is 13.5. The van der Waals surface area contributed by atoms with Crippen molar-refractivity contribution in [1.29, 1.82) is 0 Å². The molecule has 0 spiro atoms. The monoisotopic (exact) mass is 390 g/mol. The maximum atomic E-state index is 5.82. The molecule has 2 atom stereocenters. The molecular weight excluding hydrogens is 364 g/mol. The Morgan fingerprint density at radius 3 is 2.43 bits per heavy atom. The number of hydrogen-bond donors (Lipinski definition) is 1. The Hall–Kier alpha value is -2.66. The van der Waals surface area contributed by atoms with E-state index in [1.165, 1.54) is 16.8 Å². The molecule has 1 aliphatic rings. The van der Waals surface area contributed by atoms with Crippen LogP contribution in [0.3, 0.4) is 0 Å². The van der Waals surface area contributed by atoms with Crippen molar-refractivity contribution in [3.63, 3.8) is 0 Å². The quantitative estimate of drug-likeness (QED) is 0.616. The number of pyridine rings is 1. The number of aryl methyl sites for hydroxylation is 2. The van der Waals surface area contributed by atoms with Gasteiger partial charge in [0, 0.05) is 29.8 Å². The van der Waals surface area contributed by atoms with Crippen LogP contribution in [-0.4, -0.2) is 14.7 Å². The molecule has 144 valence electrons. The van der Waals surface area contributed by atoms with Gasteiger partial charge in [0.05, 0.1) is 11.7 Å². The number of nitrogens with zero attached hydrogens (tertiary/aromatic N) is 3. The van der Waals surface area contributed by atoms with Crippen LogP contribution in [0.2, 0.25) is 0 Å². The largest absolute Gasteiger partial charge is 0.351 e. The van der Waals surface area contributed by atoms with Crippen LogP contribution in [0, 0.1) is 13.8 Å². The smallest absolute Gasteiger partial charge is 0.174 e. The van der Waals surface area contributed by atoms with E-state index in [0.29, 0.717) is 6.04 Å². The summed E-state index contributed by atoms with van der Waals surface area (Å²) in [6.07, 6.45) is 3.99. The molecule has 0 aliphatic carbocycles. The van der Waals surface area contributed by atoms with E-state index in [9.17, 15) is 0 Å². The lowest BCUT2D eigenvalue weighted by Crippen LogP contribution is -2.30. The molecule has 0 unspecified atom stereocenters. The van der Waals surface area contributed by atoms with Crippen molar-refractivity contribution in [2.24, 2.45) is 0 Å². The summed E-state index contributed by atoms with van der Waals surface area (Å²) in [7, 11) is 0. The van der Waals surface area contributed by atoms with Gasteiger partial charge in [0.15, 0.2) is 5.11 Å². The molecular formula is C23H26N4S. The molecule has 1 aliphatic heterocycles. The zero-order valence-corrected chi connectivity index (χ0v) is 17.6. The van der Waals surface area contributed by atoms with Gasteiger partial charge in [0.1, 0.15) is 6.04 Å². The lowest BCUT2D eigenvalue weighted by atomic mass is 10.00. The summed E-state index contributed by atoms with van der Waals surface area (Å²) in [5, 5.41) is 4.28. The summed E-state index contributed by atoms with van der Waals surface area (Å²) in [6.45, 7) is 8.68. The van der Waals surface area contributed by atoms with Crippen LogP contribution < -0.4 is 10.2 Å². The highest BCUT2D eigenvalue weighted by atomic mass is 32.1. The molecule has 1 N–H and O–H groups in total. The van der Waals surface area contributed by atoms with Gasteiger partial charge in [-0.25, -0.2) is 0 Å². The fourth-order valence-electron chi connectivity index (χ4n) is 4.15. The molecule has 2 aromatic heterocycles. The van der Waals surface area contributed by atoms with Crippen LogP contribution in [-0.2, 0) is 0 Å². The molecule has 0 radical (unpaired) electrons. The van der Waals surface area contributed by atoms with Crippen LogP contribution in [0.1, 0.15) is 54.5 Å². The highest BCUT2D eigenvalue weighted by Gasteiger charge is 2.42. The summed E-state index contributed by atoms with van der Waals surface area (Å²) >= 11 is 5.82. The number of benzene rings is 1. The van der Waals surface area contributed by atoms with E-state index in [1.807, 2.05) is 18.3 Å². The molecule has 3 heterocycles. The molecule has 4 rings (SSSR count). The van der Waals surface area contributed by atoms with Crippen molar-refractivity contribution in [3.8, 4) is 0 Å². The first-order valence-corrected chi connectivity index (χ1v) is 10.1. The Bertz CT molecular complexity index is 973. The van der Waals surface area contributed by atoms with Gasteiger partial charge < -0.3 is 14.8 Å². The van der Waals surface area contributed by atoms with E-state index in [-0.39, 0.29) is 12.1 Å². The molecule has 28 heavy (non-hydrogen) atoms. The topological polar surface area (TPSA) is 33.1 Å². The number of thiocarbonyl (C=S) groups is 1. The Morgan fingerprint density at radius 1 is 1.04 bits per heavy atom.